The Kier molecular flexibility index (Phi) is 8.11. The molecule has 0 aliphatic carbocycles. The molecule has 1 aromatic carbocycles. The number of carbonyl (C=O) groups excluding carboxylic acids is 2. The highest BCUT2D eigenvalue weighted by Gasteiger charge is 2.31. The van der Waals surface area contributed by atoms with Crippen LogP contribution in [0.1, 0.15) is 44.6 Å². The third-order valence-electron chi connectivity index (χ3n) is 5.82. The molecule has 2 saturated heterocycles. The number of nitrogens with zero attached hydrogens (tertiary/aromatic N) is 1. The van der Waals surface area contributed by atoms with Gasteiger partial charge in [0.2, 0.25) is 11.8 Å². The Hall–Kier alpha value is -1.59. The molecule has 2 N–H and O–H groups in total. The molecule has 0 bridgehead atoms. The maximum Gasteiger partial charge on any atom is 0.249 e. The van der Waals surface area contributed by atoms with Crippen molar-refractivity contribution in [3.63, 3.8) is 0 Å². The molecule has 2 amide bonds. The highest BCUT2D eigenvalue weighted by Crippen LogP contribution is 2.25. The molecule has 27 heavy (non-hydrogen) atoms. The molecule has 2 fully saturated rings. The average molecular weight is 394 g/mol. The number of anilines is 1. The van der Waals surface area contributed by atoms with Crippen LogP contribution in [0.5, 0.6) is 0 Å². The van der Waals surface area contributed by atoms with E-state index in [1.165, 1.54) is 5.56 Å². The third kappa shape index (κ3) is 5.69. The second-order valence-corrected chi connectivity index (χ2v) is 7.86. The summed E-state index contributed by atoms with van der Waals surface area (Å²) in [6, 6.07) is 7.61. The van der Waals surface area contributed by atoms with Crippen LogP contribution in [0.15, 0.2) is 24.3 Å². The van der Waals surface area contributed by atoms with Crippen molar-refractivity contribution in [3.05, 3.63) is 29.8 Å². The summed E-state index contributed by atoms with van der Waals surface area (Å²) >= 11 is 0. The van der Waals surface area contributed by atoms with E-state index in [9.17, 15) is 9.59 Å². The first-order valence-electron chi connectivity index (χ1n) is 9.92. The zero-order valence-corrected chi connectivity index (χ0v) is 17.2. The Morgan fingerprint density at radius 2 is 1.89 bits per heavy atom. The SMILES string of the molecule is Cc1ccc(N2CCCC(NC(=O)CC(C)C3CCNCC3)C2=O)cc1.Cl. The highest BCUT2D eigenvalue weighted by atomic mass is 35.5. The maximum atomic E-state index is 12.8. The van der Waals surface area contributed by atoms with E-state index in [0.717, 1.165) is 51.0 Å². The van der Waals surface area contributed by atoms with E-state index in [2.05, 4.69) is 17.6 Å². The standard InChI is InChI=1S/C21H31N3O2.ClH/c1-15-5-7-18(8-6-15)24-13-3-4-19(21(24)26)23-20(25)14-16(2)17-9-11-22-12-10-17;/h5-8,16-17,19,22H,3-4,9-14H2,1-2H3,(H,23,25);1H. The first kappa shape index (κ1) is 21.7. The highest BCUT2D eigenvalue weighted by molar-refractivity contribution is 5.99. The molecule has 0 aromatic heterocycles. The van der Waals surface area contributed by atoms with Crippen LogP contribution in [0.3, 0.4) is 0 Å². The summed E-state index contributed by atoms with van der Waals surface area (Å²) in [5.74, 6) is 1.00. The van der Waals surface area contributed by atoms with Gasteiger partial charge in [0, 0.05) is 18.7 Å². The zero-order valence-electron chi connectivity index (χ0n) is 16.4. The molecule has 2 unspecified atom stereocenters. The molecule has 150 valence electrons. The molecule has 5 nitrogen and oxygen atoms in total. The lowest BCUT2D eigenvalue weighted by atomic mass is 9.84. The first-order valence-corrected chi connectivity index (χ1v) is 9.92. The molecule has 6 heteroatoms. The van der Waals surface area contributed by atoms with Crippen molar-refractivity contribution >= 4 is 29.9 Å². The van der Waals surface area contributed by atoms with Gasteiger partial charge in [-0.3, -0.25) is 9.59 Å². The predicted molar refractivity (Wildman–Crippen MR) is 111 cm³/mol. The van der Waals surface area contributed by atoms with Crippen molar-refractivity contribution in [2.75, 3.05) is 24.5 Å². The quantitative estimate of drug-likeness (QED) is 0.808. The van der Waals surface area contributed by atoms with E-state index >= 15 is 0 Å². The van der Waals surface area contributed by atoms with Crippen molar-refractivity contribution in [1.29, 1.82) is 0 Å². The van der Waals surface area contributed by atoms with Gasteiger partial charge in [-0.05, 0) is 69.7 Å². The summed E-state index contributed by atoms with van der Waals surface area (Å²) in [6.45, 7) is 7.01. The van der Waals surface area contributed by atoms with Gasteiger partial charge in [0.15, 0.2) is 0 Å². The van der Waals surface area contributed by atoms with Gasteiger partial charge >= 0.3 is 0 Å². The van der Waals surface area contributed by atoms with Crippen molar-refractivity contribution < 1.29 is 9.59 Å². The normalized spacial score (nSPS) is 22.1. The van der Waals surface area contributed by atoms with Gasteiger partial charge in [-0.1, -0.05) is 24.6 Å². The lowest BCUT2D eigenvalue weighted by molar-refractivity contribution is -0.129. The average Bonchev–Trinajstić information content (AvgIpc) is 2.65. The van der Waals surface area contributed by atoms with Crippen LogP contribution in [0.2, 0.25) is 0 Å². The minimum Gasteiger partial charge on any atom is -0.344 e. The number of nitrogens with one attached hydrogen (secondary N) is 2. The van der Waals surface area contributed by atoms with Gasteiger partial charge in [-0.25, -0.2) is 0 Å². The van der Waals surface area contributed by atoms with Gasteiger partial charge in [-0.2, -0.15) is 0 Å². The topological polar surface area (TPSA) is 61.4 Å². The summed E-state index contributed by atoms with van der Waals surface area (Å²) in [5.41, 5.74) is 2.09. The molecular formula is C21H32ClN3O2. The Balaban J connectivity index is 0.00000261. The second-order valence-electron chi connectivity index (χ2n) is 7.86. The van der Waals surface area contributed by atoms with Crippen molar-refractivity contribution in [2.24, 2.45) is 11.8 Å². The van der Waals surface area contributed by atoms with Crippen LogP contribution in [-0.4, -0.2) is 37.5 Å². The zero-order chi connectivity index (χ0) is 18.5. The van der Waals surface area contributed by atoms with E-state index in [1.807, 2.05) is 36.1 Å². The van der Waals surface area contributed by atoms with E-state index in [1.54, 1.807) is 0 Å². The third-order valence-corrected chi connectivity index (χ3v) is 5.82. The monoisotopic (exact) mass is 393 g/mol. The molecule has 2 atom stereocenters. The minimum atomic E-state index is -0.391. The second kappa shape index (κ2) is 10.1. The van der Waals surface area contributed by atoms with Crippen molar-refractivity contribution in [2.45, 2.75) is 52.0 Å². The lowest BCUT2D eigenvalue weighted by Gasteiger charge is -2.33. The summed E-state index contributed by atoms with van der Waals surface area (Å²) in [5, 5.41) is 6.37. The molecule has 2 aliphatic rings. The Morgan fingerprint density at radius 3 is 2.56 bits per heavy atom. The Labute approximate surface area is 168 Å². The molecule has 0 spiro atoms. The molecule has 1 aromatic rings. The number of rotatable bonds is 5. The molecule has 2 aliphatic heterocycles. The van der Waals surface area contributed by atoms with Gasteiger partial charge < -0.3 is 15.5 Å². The van der Waals surface area contributed by atoms with Gasteiger partial charge in [-0.15, -0.1) is 12.4 Å². The van der Waals surface area contributed by atoms with Gasteiger partial charge in [0.1, 0.15) is 6.04 Å². The fourth-order valence-corrected chi connectivity index (χ4v) is 4.12. The first-order chi connectivity index (χ1) is 12.5. The molecule has 0 radical (unpaired) electrons. The summed E-state index contributed by atoms with van der Waals surface area (Å²) in [7, 11) is 0. The number of hydrogen-bond donors (Lipinski definition) is 2. The molecular weight excluding hydrogens is 362 g/mol. The number of halogens is 1. The van der Waals surface area contributed by atoms with Crippen LogP contribution in [0.4, 0.5) is 5.69 Å². The van der Waals surface area contributed by atoms with Crippen LogP contribution < -0.4 is 15.5 Å². The molecule has 2 heterocycles. The van der Waals surface area contributed by atoms with Crippen LogP contribution in [-0.2, 0) is 9.59 Å². The van der Waals surface area contributed by atoms with E-state index in [-0.39, 0.29) is 24.2 Å². The van der Waals surface area contributed by atoms with Gasteiger partial charge in [0.25, 0.3) is 0 Å². The smallest absolute Gasteiger partial charge is 0.249 e. The summed E-state index contributed by atoms with van der Waals surface area (Å²) in [6.07, 6.45) is 4.43. The fourth-order valence-electron chi connectivity index (χ4n) is 4.12. The van der Waals surface area contributed by atoms with Gasteiger partial charge in [0.05, 0.1) is 0 Å². The van der Waals surface area contributed by atoms with Crippen molar-refractivity contribution in [3.8, 4) is 0 Å². The number of piperidine rings is 2. The number of amides is 2. The Morgan fingerprint density at radius 1 is 1.22 bits per heavy atom. The largest absolute Gasteiger partial charge is 0.344 e. The van der Waals surface area contributed by atoms with E-state index in [0.29, 0.717) is 18.3 Å². The summed E-state index contributed by atoms with van der Waals surface area (Å²) in [4.78, 5) is 27.1. The fraction of sp³-hybridized carbons (Fsp3) is 0.619. The number of aryl methyl sites for hydroxylation is 1. The Bertz CT molecular complexity index is 629. The number of benzene rings is 1. The lowest BCUT2D eigenvalue weighted by Crippen LogP contribution is -2.52. The maximum absolute atomic E-state index is 12.8. The van der Waals surface area contributed by atoms with E-state index in [4.69, 9.17) is 0 Å². The minimum absolute atomic E-state index is 0. The molecule has 3 rings (SSSR count). The number of carbonyl (C=O) groups is 2. The van der Waals surface area contributed by atoms with Crippen molar-refractivity contribution in [1.82, 2.24) is 10.6 Å². The number of hydrogen-bond acceptors (Lipinski definition) is 3. The van der Waals surface area contributed by atoms with Crippen LogP contribution >= 0.6 is 12.4 Å². The molecule has 0 saturated carbocycles. The predicted octanol–water partition coefficient (Wildman–Crippen LogP) is 3.05. The van der Waals surface area contributed by atoms with E-state index < -0.39 is 6.04 Å². The van der Waals surface area contributed by atoms with Crippen LogP contribution in [0, 0.1) is 18.8 Å². The summed E-state index contributed by atoms with van der Waals surface area (Å²) < 4.78 is 0. The van der Waals surface area contributed by atoms with Crippen LogP contribution in [0.25, 0.3) is 0 Å².